The Morgan fingerprint density at radius 3 is 2.76 bits per heavy atom. The molecule has 2 aliphatic heterocycles. The van der Waals surface area contributed by atoms with E-state index in [-0.39, 0.29) is 17.9 Å². The molecule has 5 heteroatoms. The lowest BCUT2D eigenvalue weighted by molar-refractivity contribution is -0.120. The van der Waals surface area contributed by atoms with E-state index in [1.165, 1.54) is 7.11 Å². The summed E-state index contributed by atoms with van der Waals surface area (Å²) < 4.78 is 4.79. The van der Waals surface area contributed by atoms with Crippen molar-refractivity contribution in [2.45, 2.75) is 38.3 Å². The molecule has 2 fully saturated rings. The van der Waals surface area contributed by atoms with Crippen molar-refractivity contribution in [2.75, 3.05) is 12.4 Å². The molecular weight excluding hydrogens is 268 g/mol. The van der Waals surface area contributed by atoms with Crippen LogP contribution in [0, 0.1) is 12.8 Å². The second-order valence-corrected chi connectivity index (χ2v) is 5.92. The summed E-state index contributed by atoms with van der Waals surface area (Å²) in [6.45, 7) is 1.90. The summed E-state index contributed by atoms with van der Waals surface area (Å²) in [5.41, 5.74) is 1.89. The van der Waals surface area contributed by atoms with Crippen LogP contribution in [0.25, 0.3) is 0 Å². The molecule has 5 nitrogen and oxygen atoms in total. The summed E-state index contributed by atoms with van der Waals surface area (Å²) in [7, 11) is 1.34. The van der Waals surface area contributed by atoms with Crippen LogP contribution in [0.15, 0.2) is 18.2 Å². The van der Waals surface area contributed by atoms with Crippen molar-refractivity contribution < 1.29 is 14.3 Å². The van der Waals surface area contributed by atoms with E-state index in [0.717, 1.165) is 24.8 Å². The number of hydrogen-bond acceptors (Lipinski definition) is 4. The van der Waals surface area contributed by atoms with E-state index in [0.29, 0.717) is 17.3 Å². The minimum Gasteiger partial charge on any atom is -0.465 e. The van der Waals surface area contributed by atoms with Gasteiger partial charge in [-0.05, 0) is 38.3 Å². The number of rotatable bonds is 3. The van der Waals surface area contributed by atoms with Crippen LogP contribution in [-0.4, -0.2) is 31.1 Å². The zero-order valence-corrected chi connectivity index (χ0v) is 12.3. The highest BCUT2D eigenvalue weighted by Crippen LogP contribution is 2.34. The number of ether oxygens (including phenoxy) is 1. The quantitative estimate of drug-likeness (QED) is 0.833. The fourth-order valence-corrected chi connectivity index (χ4v) is 3.39. The van der Waals surface area contributed by atoms with Crippen molar-refractivity contribution in [1.29, 1.82) is 0 Å². The minimum absolute atomic E-state index is 0.00412. The van der Waals surface area contributed by atoms with Crippen LogP contribution in [0.1, 0.15) is 35.2 Å². The number of nitrogens with one attached hydrogen (secondary N) is 2. The van der Waals surface area contributed by atoms with Crippen LogP contribution in [0.4, 0.5) is 5.69 Å². The van der Waals surface area contributed by atoms with E-state index in [1.54, 1.807) is 12.1 Å². The predicted octanol–water partition coefficient (Wildman–Crippen LogP) is 1.86. The maximum Gasteiger partial charge on any atom is 0.339 e. The van der Waals surface area contributed by atoms with Gasteiger partial charge in [-0.15, -0.1) is 0 Å². The second kappa shape index (κ2) is 5.48. The molecule has 112 valence electrons. The summed E-state index contributed by atoms with van der Waals surface area (Å²) in [6, 6.07) is 6.13. The molecule has 0 radical (unpaired) electrons. The van der Waals surface area contributed by atoms with Gasteiger partial charge in [-0.2, -0.15) is 0 Å². The highest BCUT2D eigenvalue weighted by molar-refractivity contribution is 6.02. The number of fused-ring (bicyclic) bond motifs is 2. The smallest absolute Gasteiger partial charge is 0.339 e. The Bertz CT molecular complexity index is 585. The number of carbonyl (C=O) groups is 2. The molecule has 2 heterocycles. The lowest BCUT2D eigenvalue weighted by Gasteiger charge is -2.20. The van der Waals surface area contributed by atoms with E-state index in [2.05, 4.69) is 10.6 Å². The third kappa shape index (κ3) is 2.65. The van der Waals surface area contributed by atoms with Crippen LogP contribution in [0.5, 0.6) is 0 Å². The number of benzene rings is 1. The van der Waals surface area contributed by atoms with Crippen molar-refractivity contribution in [2.24, 2.45) is 5.92 Å². The molecule has 3 unspecified atom stereocenters. The van der Waals surface area contributed by atoms with Crippen LogP contribution in [0.3, 0.4) is 0 Å². The molecule has 2 saturated heterocycles. The van der Waals surface area contributed by atoms with Gasteiger partial charge in [0.25, 0.3) is 0 Å². The van der Waals surface area contributed by atoms with Gasteiger partial charge in [0.05, 0.1) is 24.3 Å². The number of hydrogen-bond donors (Lipinski definition) is 2. The lowest BCUT2D eigenvalue weighted by Crippen LogP contribution is -2.33. The maximum atomic E-state index is 12.4. The molecule has 0 aliphatic carbocycles. The van der Waals surface area contributed by atoms with Gasteiger partial charge >= 0.3 is 5.97 Å². The van der Waals surface area contributed by atoms with Gasteiger partial charge in [-0.3, -0.25) is 4.79 Å². The molecular formula is C16H20N2O3. The van der Waals surface area contributed by atoms with Gasteiger partial charge in [-0.1, -0.05) is 11.6 Å². The number of anilines is 1. The fourth-order valence-electron chi connectivity index (χ4n) is 3.39. The first-order valence-corrected chi connectivity index (χ1v) is 7.34. The largest absolute Gasteiger partial charge is 0.465 e. The molecule has 2 aliphatic rings. The summed E-state index contributed by atoms with van der Waals surface area (Å²) in [6.07, 6.45) is 3.10. The van der Waals surface area contributed by atoms with E-state index in [9.17, 15) is 9.59 Å². The molecule has 3 atom stereocenters. The molecule has 0 aromatic heterocycles. The topological polar surface area (TPSA) is 67.4 Å². The van der Waals surface area contributed by atoms with E-state index < -0.39 is 5.97 Å². The maximum absolute atomic E-state index is 12.4. The summed E-state index contributed by atoms with van der Waals surface area (Å²) in [5, 5.41) is 6.35. The monoisotopic (exact) mass is 288 g/mol. The van der Waals surface area contributed by atoms with Crippen molar-refractivity contribution in [3.8, 4) is 0 Å². The first-order valence-electron chi connectivity index (χ1n) is 7.34. The number of carbonyl (C=O) groups excluding carboxylic acids is 2. The number of amides is 1. The van der Waals surface area contributed by atoms with E-state index in [1.807, 2.05) is 13.0 Å². The molecule has 2 N–H and O–H groups in total. The molecule has 3 rings (SSSR count). The lowest BCUT2D eigenvalue weighted by atomic mass is 9.88. The van der Waals surface area contributed by atoms with E-state index in [4.69, 9.17) is 4.74 Å². The first kappa shape index (κ1) is 14.1. The first-order chi connectivity index (χ1) is 10.1. The zero-order chi connectivity index (χ0) is 15.0. The standard InChI is InChI=1S/C16H20N2O3/c1-9-3-5-14(12(7-9)16(20)21-2)18-15(19)11-8-10-4-6-13(11)17-10/h3,5,7,10-11,13,17H,4,6,8H2,1-2H3,(H,18,19). The van der Waals surface area contributed by atoms with Gasteiger partial charge in [0, 0.05) is 12.1 Å². The second-order valence-electron chi connectivity index (χ2n) is 5.92. The molecule has 0 spiro atoms. The Kier molecular flexibility index (Phi) is 3.68. The Morgan fingerprint density at radius 1 is 1.33 bits per heavy atom. The summed E-state index contributed by atoms with van der Waals surface area (Å²) >= 11 is 0. The van der Waals surface area contributed by atoms with Gasteiger partial charge in [0.2, 0.25) is 5.91 Å². The van der Waals surface area contributed by atoms with Gasteiger partial charge in [-0.25, -0.2) is 4.79 Å². The Labute approximate surface area is 124 Å². The molecule has 0 saturated carbocycles. The molecule has 2 bridgehead atoms. The average Bonchev–Trinajstić information content (AvgIpc) is 3.11. The Hall–Kier alpha value is -1.88. The minimum atomic E-state index is -0.430. The van der Waals surface area contributed by atoms with Crippen LogP contribution in [-0.2, 0) is 9.53 Å². The summed E-state index contributed by atoms with van der Waals surface area (Å²) in [5.74, 6) is -0.445. The highest BCUT2D eigenvalue weighted by atomic mass is 16.5. The molecule has 1 aromatic carbocycles. The van der Waals surface area contributed by atoms with Crippen LogP contribution in [0.2, 0.25) is 0 Å². The third-order valence-corrected chi connectivity index (χ3v) is 4.48. The molecule has 21 heavy (non-hydrogen) atoms. The highest BCUT2D eigenvalue weighted by Gasteiger charge is 2.42. The number of aryl methyl sites for hydroxylation is 1. The normalized spacial score (nSPS) is 26.7. The fraction of sp³-hybridized carbons (Fsp3) is 0.500. The van der Waals surface area contributed by atoms with Gasteiger partial charge in [0.15, 0.2) is 0 Å². The van der Waals surface area contributed by atoms with Gasteiger partial charge < -0.3 is 15.4 Å². The third-order valence-electron chi connectivity index (χ3n) is 4.48. The summed E-state index contributed by atoms with van der Waals surface area (Å²) in [4.78, 5) is 24.3. The van der Waals surface area contributed by atoms with Crippen LogP contribution >= 0.6 is 0 Å². The number of esters is 1. The molecule has 1 amide bonds. The van der Waals surface area contributed by atoms with E-state index >= 15 is 0 Å². The number of methoxy groups -OCH3 is 1. The Balaban J connectivity index is 1.78. The van der Waals surface area contributed by atoms with Crippen molar-refractivity contribution in [3.63, 3.8) is 0 Å². The molecule has 1 aromatic rings. The van der Waals surface area contributed by atoms with Crippen LogP contribution < -0.4 is 10.6 Å². The SMILES string of the molecule is COC(=O)c1cc(C)ccc1NC(=O)C1CC2CCC1N2. The van der Waals surface area contributed by atoms with Gasteiger partial charge in [0.1, 0.15) is 0 Å². The van der Waals surface area contributed by atoms with Crippen molar-refractivity contribution in [1.82, 2.24) is 5.32 Å². The average molecular weight is 288 g/mol. The predicted molar refractivity (Wildman–Crippen MR) is 79.2 cm³/mol. The van der Waals surface area contributed by atoms with Crippen molar-refractivity contribution >= 4 is 17.6 Å². The Morgan fingerprint density at radius 2 is 2.14 bits per heavy atom. The zero-order valence-electron chi connectivity index (χ0n) is 12.3. The van der Waals surface area contributed by atoms with Crippen molar-refractivity contribution in [3.05, 3.63) is 29.3 Å².